The van der Waals surface area contributed by atoms with Gasteiger partial charge in [-0.25, -0.2) is 0 Å². The van der Waals surface area contributed by atoms with Gasteiger partial charge in [0.05, 0.1) is 5.69 Å². The van der Waals surface area contributed by atoms with Gasteiger partial charge in [0, 0.05) is 23.9 Å². The molecule has 0 atom stereocenters. The third kappa shape index (κ3) is 4.30. The van der Waals surface area contributed by atoms with Gasteiger partial charge in [0.1, 0.15) is 0 Å². The summed E-state index contributed by atoms with van der Waals surface area (Å²) in [5, 5.41) is 9.83. The molecule has 2 aromatic carbocycles. The van der Waals surface area contributed by atoms with Gasteiger partial charge in [0.25, 0.3) is 0 Å². The molecule has 23 heavy (non-hydrogen) atoms. The number of aryl methyl sites for hydroxylation is 1. The molecule has 4 nitrogen and oxygen atoms in total. The number of aromatic nitrogens is 2. The fourth-order valence-corrected chi connectivity index (χ4v) is 2.50. The smallest absolute Gasteiger partial charge is 0.224 e. The Labute approximate surface area is 135 Å². The first-order chi connectivity index (χ1) is 11.3. The fraction of sp³-hybridized carbons (Fsp3) is 0.158. The third-order valence-corrected chi connectivity index (χ3v) is 3.67. The number of amides is 1. The van der Waals surface area contributed by atoms with Crippen molar-refractivity contribution in [1.29, 1.82) is 0 Å². The van der Waals surface area contributed by atoms with Gasteiger partial charge in [0.2, 0.25) is 5.91 Å². The van der Waals surface area contributed by atoms with Gasteiger partial charge in [-0.15, -0.1) is 0 Å². The van der Waals surface area contributed by atoms with E-state index in [0.29, 0.717) is 6.42 Å². The van der Waals surface area contributed by atoms with Gasteiger partial charge in [0.15, 0.2) is 0 Å². The molecule has 1 aromatic heterocycles. The Hall–Kier alpha value is -2.88. The lowest BCUT2D eigenvalue weighted by molar-refractivity contribution is -0.116. The zero-order valence-electron chi connectivity index (χ0n) is 12.8. The highest BCUT2D eigenvalue weighted by Crippen LogP contribution is 2.20. The Morgan fingerprint density at radius 3 is 2.70 bits per heavy atom. The van der Waals surface area contributed by atoms with E-state index in [1.54, 1.807) is 6.20 Å². The summed E-state index contributed by atoms with van der Waals surface area (Å²) in [7, 11) is 0. The Morgan fingerprint density at radius 2 is 1.91 bits per heavy atom. The maximum Gasteiger partial charge on any atom is 0.224 e. The van der Waals surface area contributed by atoms with Crippen LogP contribution in [0, 0.1) is 0 Å². The highest BCUT2D eigenvalue weighted by atomic mass is 16.1. The Balaban J connectivity index is 1.53. The molecular formula is C19H19N3O. The first-order valence-corrected chi connectivity index (χ1v) is 7.75. The molecule has 0 aliphatic heterocycles. The number of carbonyl (C=O) groups excluding carboxylic acids is 1. The summed E-state index contributed by atoms with van der Waals surface area (Å²) in [5.74, 6) is 0.0442. The summed E-state index contributed by atoms with van der Waals surface area (Å²) in [4.78, 5) is 12.1. The van der Waals surface area contributed by atoms with E-state index >= 15 is 0 Å². The van der Waals surface area contributed by atoms with Gasteiger partial charge in [-0.05, 0) is 36.6 Å². The lowest BCUT2D eigenvalue weighted by Gasteiger charge is -2.07. The molecule has 2 N–H and O–H groups in total. The van der Waals surface area contributed by atoms with Crippen LogP contribution in [-0.2, 0) is 11.2 Å². The minimum absolute atomic E-state index is 0.0442. The number of nitrogens with one attached hydrogen (secondary N) is 2. The standard InChI is InChI=1S/C19H19N3O/c23-19(11-4-8-15-6-2-1-3-7-15)21-17-10-5-9-16(14-17)18-12-13-20-22-18/h1-3,5-7,9-10,12-14H,4,8,11H2,(H,20,22)(H,21,23). The predicted molar refractivity (Wildman–Crippen MR) is 92.0 cm³/mol. The van der Waals surface area contributed by atoms with Crippen LogP contribution < -0.4 is 5.32 Å². The quantitative estimate of drug-likeness (QED) is 0.722. The molecule has 4 heteroatoms. The van der Waals surface area contributed by atoms with Crippen molar-refractivity contribution in [2.24, 2.45) is 0 Å². The Bertz CT molecular complexity index is 751. The first kappa shape index (κ1) is 15.0. The van der Waals surface area contributed by atoms with Crippen molar-refractivity contribution < 1.29 is 4.79 Å². The Kier molecular flexibility index (Phi) is 4.84. The van der Waals surface area contributed by atoms with E-state index in [0.717, 1.165) is 29.8 Å². The Morgan fingerprint density at radius 1 is 1.04 bits per heavy atom. The normalized spacial score (nSPS) is 10.4. The molecule has 0 unspecified atom stereocenters. The molecule has 1 heterocycles. The first-order valence-electron chi connectivity index (χ1n) is 7.75. The largest absolute Gasteiger partial charge is 0.326 e. The van der Waals surface area contributed by atoms with Crippen LogP contribution in [-0.4, -0.2) is 16.1 Å². The van der Waals surface area contributed by atoms with Gasteiger partial charge in [-0.3, -0.25) is 9.89 Å². The number of anilines is 1. The van der Waals surface area contributed by atoms with E-state index in [-0.39, 0.29) is 5.91 Å². The van der Waals surface area contributed by atoms with Crippen LogP contribution in [0.15, 0.2) is 66.9 Å². The van der Waals surface area contributed by atoms with Crippen molar-refractivity contribution in [3.8, 4) is 11.3 Å². The fourth-order valence-electron chi connectivity index (χ4n) is 2.50. The summed E-state index contributed by atoms with van der Waals surface area (Å²) in [6.45, 7) is 0. The van der Waals surface area contributed by atoms with Crippen molar-refractivity contribution >= 4 is 11.6 Å². The van der Waals surface area contributed by atoms with Crippen LogP contribution in [0.1, 0.15) is 18.4 Å². The number of aromatic amines is 1. The molecule has 3 aromatic rings. The highest BCUT2D eigenvalue weighted by Gasteiger charge is 2.05. The zero-order valence-corrected chi connectivity index (χ0v) is 12.8. The minimum atomic E-state index is 0.0442. The summed E-state index contributed by atoms with van der Waals surface area (Å²) < 4.78 is 0. The van der Waals surface area contributed by atoms with Crippen LogP contribution in [0.25, 0.3) is 11.3 Å². The van der Waals surface area contributed by atoms with Crippen LogP contribution in [0.3, 0.4) is 0 Å². The monoisotopic (exact) mass is 305 g/mol. The second-order valence-electron chi connectivity index (χ2n) is 5.44. The predicted octanol–water partition coefficient (Wildman–Crippen LogP) is 4.04. The van der Waals surface area contributed by atoms with E-state index < -0.39 is 0 Å². The van der Waals surface area contributed by atoms with E-state index in [2.05, 4.69) is 27.6 Å². The van der Waals surface area contributed by atoms with Crippen molar-refractivity contribution in [3.63, 3.8) is 0 Å². The van der Waals surface area contributed by atoms with Gasteiger partial charge >= 0.3 is 0 Å². The van der Waals surface area contributed by atoms with E-state index in [1.165, 1.54) is 5.56 Å². The molecule has 0 fully saturated rings. The van der Waals surface area contributed by atoms with E-state index in [1.807, 2.05) is 48.5 Å². The molecule has 0 spiro atoms. The van der Waals surface area contributed by atoms with E-state index in [9.17, 15) is 4.79 Å². The van der Waals surface area contributed by atoms with Crippen LogP contribution in [0.2, 0.25) is 0 Å². The zero-order chi connectivity index (χ0) is 15.9. The minimum Gasteiger partial charge on any atom is -0.326 e. The molecule has 0 aliphatic carbocycles. The topological polar surface area (TPSA) is 57.8 Å². The van der Waals surface area contributed by atoms with E-state index in [4.69, 9.17) is 0 Å². The molecule has 1 amide bonds. The second-order valence-corrected chi connectivity index (χ2v) is 5.44. The van der Waals surface area contributed by atoms with Crippen LogP contribution in [0.5, 0.6) is 0 Å². The van der Waals surface area contributed by atoms with Gasteiger partial charge in [-0.2, -0.15) is 5.10 Å². The van der Waals surface area contributed by atoms with Gasteiger partial charge in [-0.1, -0.05) is 42.5 Å². The van der Waals surface area contributed by atoms with Crippen molar-refractivity contribution in [2.75, 3.05) is 5.32 Å². The highest BCUT2D eigenvalue weighted by molar-refractivity contribution is 5.91. The van der Waals surface area contributed by atoms with Crippen molar-refractivity contribution in [1.82, 2.24) is 10.2 Å². The maximum absolute atomic E-state index is 12.1. The van der Waals surface area contributed by atoms with Gasteiger partial charge < -0.3 is 5.32 Å². The lowest BCUT2D eigenvalue weighted by Crippen LogP contribution is -2.11. The number of carbonyl (C=O) groups is 1. The maximum atomic E-state index is 12.1. The second kappa shape index (κ2) is 7.40. The molecular weight excluding hydrogens is 286 g/mol. The molecule has 0 aliphatic rings. The number of rotatable bonds is 6. The van der Waals surface area contributed by atoms with Crippen molar-refractivity contribution in [2.45, 2.75) is 19.3 Å². The van der Waals surface area contributed by atoms with Crippen LogP contribution >= 0.6 is 0 Å². The molecule has 0 radical (unpaired) electrons. The summed E-state index contributed by atoms with van der Waals surface area (Å²) in [5.41, 5.74) is 4.01. The number of benzene rings is 2. The summed E-state index contributed by atoms with van der Waals surface area (Å²) >= 11 is 0. The average Bonchev–Trinajstić information content (AvgIpc) is 3.11. The molecule has 3 rings (SSSR count). The summed E-state index contributed by atoms with van der Waals surface area (Å²) in [6.07, 6.45) is 3.99. The summed E-state index contributed by atoms with van der Waals surface area (Å²) in [6, 6.07) is 19.9. The molecule has 116 valence electrons. The van der Waals surface area contributed by atoms with Crippen LogP contribution in [0.4, 0.5) is 5.69 Å². The number of H-pyrrole nitrogens is 1. The lowest BCUT2D eigenvalue weighted by atomic mass is 10.1. The molecule has 0 bridgehead atoms. The molecule has 0 saturated heterocycles. The third-order valence-electron chi connectivity index (χ3n) is 3.67. The number of nitrogens with zero attached hydrogens (tertiary/aromatic N) is 1. The number of hydrogen-bond acceptors (Lipinski definition) is 2. The number of hydrogen-bond donors (Lipinski definition) is 2. The van der Waals surface area contributed by atoms with Crippen molar-refractivity contribution in [3.05, 3.63) is 72.4 Å². The SMILES string of the molecule is O=C(CCCc1ccccc1)Nc1cccc(-c2ccn[nH]2)c1. The molecule has 0 saturated carbocycles. The average molecular weight is 305 g/mol.